The summed E-state index contributed by atoms with van der Waals surface area (Å²) < 4.78 is 9.86. The van der Waals surface area contributed by atoms with Crippen molar-refractivity contribution >= 4 is 34.0 Å². The van der Waals surface area contributed by atoms with E-state index in [0.717, 1.165) is 56.7 Å². The molecule has 0 aliphatic rings. The summed E-state index contributed by atoms with van der Waals surface area (Å²) in [7, 11) is 0. The molecule has 0 rings (SSSR count). The number of hydrogen-bond acceptors (Lipinski definition) is 5. The van der Waals surface area contributed by atoms with E-state index in [4.69, 9.17) is 9.47 Å². The number of ether oxygens (including phenoxy) is 2. The standard InChI is InChI=1S/C19H33BrN2O5/c1-3-4-5-6-8-11-17(23)22-19(25)27-15-16(2)14-26-18(24)21-13-10-7-9-12-20/h2-15H2,1H3,(H,21,24)(H,22,23,25). The molecule has 0 saturated heterocycles. The van der Waals surface area contributed by atoms with Crippen molar-refractivity contribution in [3.05, 3.63) is 12.2 Å². The van der Waals surface area contributed by atoms with Crippen LogP contribution in [0.3, 0.4) is 0 Å². The Balaban J connectivity index is 3.68. The van der Waals surface area contributed by atoms with E-state index in [9.17, 15) is 14.4 Å². The van der Waals surface area contributed by atoms with E-state index in [1.54, 1.807) is 0 Å². The molecule has 0 spiro atoms. The Morgan fingerprint density at radius 1 is 0.889 bits per heavy atom. The Hall–Kier alpha value is -1.57. The third-order valence-corrected chi connectivity index (χ3v) is 4.20. The second kappa shape index (κ2) is 17.8. The SMILES string of the molecule is C=C(COC(=O)NCCCCCBr)COC(=O)NC(=O)CCCCCCC. The number of alkyl carbamates (subject to hydrolysis) is 2. The fraction of sp³-hybridized carbons (Fsp3) is 0.737. The molecule has 0 radical (unpaired) electrons. The summed E-state index contributed by atoms with van der Waals surface area (Å²) in [6.07, 6.45) is 7.06. The van der Waals surface area contributed by atoms with Crippen molar-refractivity contribution in [1.82, 2.24) is 10.6 Å². The molecule has 0 bridgehead atoms. The third-order valence-electron chi connectivity index (χ3n) is 3.64. The minimum atomic E-state index is -0.814. The summed E-state index contributed by atoms with van der Waals surface area (Å²) in [6, 6.07) is 0. The van der Waals surface area contributed by atoms with Crippen LogP contribution in [0.2, 0.25) is 0 Å². The van der Waals surface area contributed by atoms with Crippen molar-refractivity contribution in [1.29, 1.82) is 0 Å². The number of imide groups is 1. The molecular formula is C19H33BrN2O5. The first kappa shape index (κ1) is 25.4. The minimum Gasteiger partial charge on any atom is -0.445 e. The molecule has 27 heavy (non-hydrogen) atoms. The summed E-state index contributed by atoms with van der Waals surface area (Å²) in [5, 5.41) is 5.76. The van der Waals surface area contributed by atoms with Crippen LogP contribution in [0.1, 0.15) is 64.7 Å². The number of nitrogens with one attached hydrogen (secondary N) is 2. The fourth-order valence-corrected chi connectivity index (χ4v) is 2.51. The van der Waals surface area contributed by atoms with E-state index >= 15 is 0 Å². The molecule has 0 saturated carbocycles. The summed E-state index contributed by atoms with van der Waals surface area (Å²) in [5.41, 5.74) is 0.423. The highest BCUT2D eigenvalue weighted by atomic mass is 79.9. The molecule has 0 aromatic rings. The Bertz CT molecular complexity index is 457. The average molecular weight is 449 g/mol. The molecule has 0 unspecified atom stereocenters. The lowest BCUT2D eigenvalue weighted by atomic mass is 10.1. The Morgan fingerprint density at radius 3 is 2.19 bits per heavy atom. The minimum absolute atomic E-state index is 0.0497. The van der Waals surface area contributed by atoms with Crippen LogP contribution in [0.25, 0.3) is 0 Å². The second-order valence-electron chi connectivity index (χ2n) is 6.29. The molecule has 0 aliphatic carbocycles. The van der Waals surface area contributed by atoms with Gasteiger partial charge in [-0.25, -0.2) is 9.59 Å². The molecule has 0 aromatic heterocycles. The number of alkyl halides is 1. The first-order chi connectivity index (χ1) is 13.0. The molecule has 0 aliphatic heterocycles. The van der Waals surface area contributed by atoms with Crippen LogP contribution in [-0.4, -0.2) is 43.2 Å². The third kappa shape index (κ3) is 17.6. The number of halogens is 1. The van der Waals surface area contributed by atoms with Gasteiger partial charge in [0.15, 0.2) is 0 Å². The van der Waals surface area contributed by atoms with Gasteiger partial charge in [-0.15, -0.1) is 0 Å². The van der Waals surface area contributed by atoms with Gasteiger partial charge in [0.25, 0.3) is 0 Å². The zero-order valence-corrected chi connectivity index (χ0v) is 17.9. The van der Waals surface area contributed by atoms with E-state index in [0.29, 0.717) is 18.5 Å². The van der Waals surface area contributed by atoms with Crippen molar-refractivity contribution in [2.75, 3.05) is 25.1 Å². The molecule has 0 aromatic carbocycles. The van der Waals surface area contributed by atoms with Gasteiger partial charge in [-0.3, -0.25) is 10.1 Å². The van der Waals surface area contributed by atoms with Gasteiger partial charge in [-0.1, -0.05) is 61.5 Å². The first-order valence-corrected chi connectivity index (χ1v) is 10.7. The normalized spacial score (nSPS) is 10.1. The number of rotatable bonds is 15. The van der Waals surface area contributed by atoms with Gasteiger partial charge < -0.3 is 14.8 Å². The summed E-state index contributed by atoms with van der Waals surface area (Å²) in [5.74, 6) is -0.349. The number of unbranched alkanes of at least 4 members (excludes halogenated alkanes) is 6. The molecule has 3 amide bonds. The molecule has 7 nitrogen and oxygen atoms in total. The fourth-order valence-electron chi connectivity index (χ4n) is 2.12. The summed E-state index contributed by atoms with van der Waals surface area (Å²) >= 11 is 3.35. The Labute approximate surface area is 170 Å². The van der Waals surface area contributed by atoms with Gasteiger partial charge in [0, 0.05) is 18.3 Å². The molecule has 0 atom stereocenters. The highest BCUT2D eigenvalue weighted by Gasteiger charge is 2.10. The topological polar surface area (TPSA) is 93.7 Å². The maximum absolute atomic E-state index is 11.6. The van der Waals surface area contributed by atoms with Gasteiger partial charge in [0.1, 0.15) is 13.2 Å². The lowest BCUT2D eigenvalue weighted by molar-refractivity contribution is -0.120. The smallest absolute Gasteiger partial charge is 0.414 e. The van der Waals surface area contributed by atoms with Crippen LogP contribution >= 0.6 is 15.9 Å². The van der Waals surface area contributed by atoms with Gasteiger partial charge >= 0.3 is 12.2 Å². The van der Waals surface area contributed by atoms with Crippen molar-refractivity contribution in [3.8, 4) is 0 Å². The Kier molecular flexibility index (Phi) is 16.8. The highest BCUT2D eigenvalue weighted by molar-refractivity contribution is 9.09. The predicted octanol–water partition coefficient (Wildman–Crippen LogP) is 4.45. The summed E-state index contributed by atoms with van der Waals surface area (Å²) in [6.45, 7) is 6.19. The van der Waals surface area contributed by atoms with Crippen LogP contribution in [0.15, 0.2) is 12.2 Å². The van der Waals surface area contributed by atoms with Crippen LogP contribution in [0.4, 0.5) is 9.59 Å². The van der Waals surface area contributed by atoms with Crippen LogP contribution < -0.4 is 10.6 Å². The number of amides is 3. The molecular weight excluding hydrogens is 416 g/mol. The van der Waals surface area contributed by atoms with E-state index in [2.05, 4.69) is 40.1 Å². The van der Waals surface area contributed by atoms with Crippen molar-refractivity contribution in [2.24, 2.45) is 0 Å². The quantitative estimate of drug-likeness (QED) is 0.219. The number of hydrogen-bond donors (Lipinski definition) is 2. The molecule has 2 N–H and O–H groups in total. The van der Waals surface area contributed by atoms with Gasteiger partial charge in [0.2, 0.25) is 5.91 Å². The number of carbonyl (C=O) groups is 3. The van der Waals surface area contributed by atoms with E-state index in [-0.39, 0.29) is 19.1 Å². The van der Waals surface area contributed by atoms with E-state index < -0.39 is 12.2 Å². The number of carbonyl (C=O) groups excluding carboxylic acids is 3. The molecule has 0 fully saturated rings. The lowest BCUT2D eigenvalue weighted by Crippen LogP contribution is -2.31. The van der Waals surface area contributed by atoms with Gasteiger partial charge in [-0.05, 0) is 24.8 Å². The lowest BCUT2D eigenvalue weighted by Gasteiger charge is -2.10. The molecule has 8 heteroatoms. The van der Waals surface area contributed by atoms with Gasteiger partial charge in [-0.2, -0.15) is 0 Å². The highest BCUT2D eigenvalue weighted by Crippen LogP contribution is 2.05. The van der Waals surface area contributed by atoms with E-state index in [1.807, 2.05) is 0 Å². The van der Waals surface area contributed by atoms with Crippen LogP contribution in [0.5, 0.6) is 0 Å². The van der Waals surface area contributed by atoms with Crippen LogP contribution in [0, 0.1) is 0 Å². The molecule has 156 valence electrons. The van der Waals surface area contributed by atoms with E-state index in [1.165, 1.54) is 0 Å². The zero-order chi connectivity index (χ0) is 20.3. The predicted molar refractivity (Wildman–Crippen MR) is 109 cm³/mol. The average Bonchev–Trinajstić information content (AvgIpc) is 2.64. The monoisotopic (exact) mass is 448 g/mol. The molecule has 0 heterocycles. The van der Waals surface area contributed by atoms with Crippen LogP contribution in [-0.2, 0) is 14.3 Å². The van der Waals surface area contributed by atoms with Gasteiger partial charge in [0.05, 0.1) is 0 Å². The van der Waals surface area contributed by atoms with Crippen molar-refractivity contribution in [3.63, 3.8) is 0 Å². The zero-order valence-electron chi connectivity index (χ0n) is 16.3. The second-order valence-corrected chi connectivity index (χ2v) is 7.08. The van der Waals surface area contributed by atoms with Crippen molar-refractivity contribution < 1.29 is 23.9 Å². The first-order valence-electron chi connectivity index (χ1n) is 9.59. The van der Waals surface area contributed by atoms with Crippen molar-refractivity contribution in [2.45, 2.75) is 64.7 Å². The summed E-state index contributed by atoms with van der Waals surface area (Å²) in [4.78, 5) is 34.6. The Morgan fingerprint density at radius 2 is 1.52 bits per heavy atom. The maximum atomic E-state index is 11.6. The maximum Gasteiger partial charge on any atom is 0.414 e. The largest absolute Gasteiger partial charge is 0.445 e.